The van der Waals surface area contributed by atoms with Crippen molar-refractivity contribution in [3.63, 3.8) is 0 Å². The average molecular weight is 369 g/mol. The highest BCUT2D eigenvalue weighted by Gasteiger charge is 2.08. The summed E-state index contributed by atoms with van der Waals surface area (Å²) in [5, 5.41) is 3.47. The Morgan fingerprint density at radius 1 is 0.964 bits per heavy atom. The molecule has 1 amide bonds. The fourth-order valence-electron chi connectivity index (χ4n) is 3.02. The normalized spacial score (nSPS) is 10.8. The van der Waals surface area contributed by atoms with Crippen molar-refractivity contribution in [1.29, 1.82) is 0 Å². The molecule has 5 heteroatoms. The number of hydrogen-bond donors (Lipinski definition) is 1. The van der Waals surface area contributed by atoms with E-state index in [1.165, 1.54) is 16.5 Å². The van der Waals surface area contributed by atoms with E-state index in [1.54, 1.807) is 30.3 Å². The van der Waals surface area contributed by atoms with Crippen LogP contribution in [0.1, 0.15) is 21.5 Å². The quantitative estimate of drug-likeness (QED) is 0.597. The van der Waals surface area contributed by atoms with E-state index >= 15 is 0 Å². The molecule has 0 bridgehead atoms. The van der Waals surface area contributed by atoms with Gasteiger partial charge in [0.25, 0.3) is 11.5 Å². The van der Waals surface area contributed by atoms with Gasteiger partial charge >= 0.3 is 0 Å². The monoisotopic (exact) mass is 369 g/mol. The van der Waals surface area contributed by atoms with Crippen LogP contribution in [0.3, 0.4) is 0 Å². The molecule has 0 atom stereocenters. The van der Waals surface area contributed by atoms with E-state index in [4.69, 9.17) is 0 Å². The van der Waals surface area contributed by atoms with Gasteiger partial charge in [-0.1, -0.05) is 42.0 Å². The Morgan fingerprint density at radius 3 is 2.43 bits per heavy atom. The van der Waals surface area contributed by atoms with Gasteiger partial charge in [-0.2, -0.15) is 0 Å². The lowest BCUT2D eigenvalue weighted by Gasteiger charge is -2.09. The third kappa shape index (κ3) is 3.55. The summed E-state index contributed by atoms with van der Waals surface area (Å²) in [7, 11) is 0. The summed E-state index contributed by atoms with van der Waals surface area (Å²) in [6, 6.07) is 22.2. The smallest absolute Gasteiger partial charge is 0.265 e. The molecule has 1 aromatic heterocycles. The number of hydrogen-bond acceptors (Lipinski definition) is 3. The Bertz CT molecular complexity index is 1190. The van der Waals surface area contributed by atoms with Gasteiger partial charge < -0.3 is 5.32 Å². The van der Waals surface area contributed by atoms with Crippen LogP contribution < -0.4 is 10.9 Å². The number of rotatable bonds is 4. The number of amides is 1. The molecule has 0 saturated carbocycles. The van der Waals surface area contributed by atoms with E-state index in [1.807, 2.05) is 49.4 Å². The number of para-hydroxylation sites is 1. The highest BCUT2D eigenvalue weighted by Crippen LogP contribution is 2.11. The van der Waals surface area contributed by atoms with Gasteiger partial charge in [-0.3, -0.25) is 14.2 Å². The third-order valence-corrected chi connectivity index (χ3v) is 4.65. The van der Waals surface area contributed by atoms with Crippen LogP contribution in [0, 0.1) is 6.92 Å². The van der Waals surface area contributed by atoms with Crippen LogP contribution in [0.2, 0.25) is 0 Å². The standard InChI is InChI=1S/C23H19N3O2/c1-16-6-8-17(9-7-16)14-24-22(27)18-10-12-19(13-11-18)26-15-25-21-5-3-2-4-20(21)23(26)28/h2-13,15H,14H2,1H3,(H,24,27). The molecular weight excluding hydrogens is 350 g/mol. The van der Waals surface area contributed by atoms with E-state index in [9.17, 15) is 9.59 Å². The maximum atomic E-state index is 12.7. The van der Waals surface area contributed by atoms with Crippen LogP contribution in [0.15, 0.2) is 83.9 Å². The summed E-state index contributed by atoms with van der Waals surface area (Å²) in [5.74, 6) is -0.156. The number of carbonyl (C=O) groups excluding carboxylic acids is 1. The molecule has 4 aromatic rings. The number of carbonyl (C=O) groups is 1. The topological polar surface area (TPSA) is 64.0 Å². The minimum atomic E-state index is -0.156. The van der Waals surface area contributed by atoms with Crippen molar-refractivity contribution in [2.24, 2.45) is 0 Å². The van der Waals surface area contributed by atoms with Crippen molar-refractivity contribution in [1.82, 2.24) is 14.9 Å². The fraction of sp³-hybridized carbons (Fsp3) is 0.0870. The van der Waals surface area contributed by atoms with E-state index in [-0.39, 0.29) is 11.5 Å². The number of nitrogens with one attached hydrogen (secondary N) is 1. The molecule has 0 saturated heterocycles. The molecule has 4 rings (SSSR count). The minimum absolute atomic E-state index is 0.137. The summed E-state index contributed by atoms with van der Waals surface area (Å²) in [5.41, 5.74) is 3.96. The van der Waals surface area contributed by atoms with Crippen LogP contribution in [0.25, 0.3) is 16.6 Å². The molecule has 0 aliphatic rings. The van der Waals surface area contributed by atoms with Crippen LogP contribution in [-0.4, -0.2) is 15.5 Å². The number of aromatic nitrogens is 2. The molecule has 0 unspecified atom stereocenters. The van der Waals surface area contributed by atoms with E-state index in [0.29, 0.717) is 28.7 Å². The Kier molecular flexibility index (Phi) is 4.72. The van der Waals surface area contributed by atoms with Crippen molar-refractivity contribution < 1.29 is 4.79 Å². The summed E-state index contributed by atoms with van der Waals surface area (Å²) >= 11 is 0. The minimum Gasteiger partial charge on any atom is -0.348 e. The Labute approximate surface area is 162 Å². The Morgan fingerprint density at radius 2 is 1.68 bits per heavy atom. The molecular formula is C23H19N3O2. The van der Waals surface area contributed by atoms with Gasteiger partial charge in [0.05, 0.1) is 16.6 Å². The molecule has 28 heavy (non-hydrogen) atoms. The van der Waals surface area contributed by atoms with Crippen LogP contribution >= 0.6 is 0 Å². The van der Waals surface area contributed by atoms with Crippen molar-refractivity contribution in [3.05, 3.63) is 106 Å². The zero-order valence-electron chi connectivity index (χ0n) is 15.4. The number of aryl methyl sites for hydroxylation is 1. The second-order valence-corrected chi connectivity index (χ2v) is 6.65. The SMILES string of the molecule is Cc1ccc(CNC(=O)c2ccc(-n3cnc4ccccc4c3=O)cc2)cc1. The van der Waals surface area contributed by atoms with Gasteiger partial charge in [0.2, 0.25) is 0 Å². The van der Waals surface area contributed by atoms with E-state index in [2.05, 4.69) is 10.3 Å². The first kappa shape index (κ1) is 17.7. The van der Waals surface area contributed by atoms with E-state index < -0.39 is 0 Å². The molecule has 0 aliphatic heterocycles. The summed E-state index contributed by atoms with van der Waals surface area (Å²) < 4.78 is 1.48. The van der Waals surface area contributed by atoms with Gasteiger partial charge in [-0.15, -0.1) is 0 Å². The first-order valence-electron chi connectivity index (χ1n) is 9.02. The Hall–Kier alpha value is -3.73. The number of fused-ring (bicyclic) bond motifs is 1. The fourth-order valence-corrected chi connectivity index (χ4v) is 3.02. The summed E-state index contributed by atoms with van der Waals surface area (Å²) in [6.45, 7) is 2.50. The zero-order chi connectivity index (χ0) is 19.5. The van der Waals surface area contributed by atoms with Gasteiger partial charge in [0, 0.05) is 12.1 Å². The van der Waals surface area contributed by atoms with Crippen molar-refractivity contribution in [2.75, 3.05) is 0 Å². The molecule has 0 fully saturated rings. The molecule has 5 nitrogen and oxygen atoms in total. The second kappa shape index (κ2) is 7.48. The molecule has 0 radical (unpaired) electrons. The largest absolute Gasteiger partial charge is 0.348 e. The van der Waals surface area contributed by atoms with Crippen molar-refractivity contribution >= 4 is 16.8 Å². The maximum Gasteiger partial charge on any atom is 0.265 e. The molecule has 1 N–H and O–H groups in total. The molecule has 0 spiro atoms. The first-order chi connectivity index (χ1) is 13.6. The van der Waals surface area contributed by atoms with Gasteiger partial charge in [0.1, 0.15) is 6.33 Å². The Balaban J connectivity index is 1.52. The van der Waals surface area contributed by atoms with Crippen molar-refractivity contribution in [2.45, 2.75) is 13.5 Å². The highest BCUT2D eigenvalue weighted by molar-refractivity contribution is 5.94. The predicted octanol–water partition coefficient (Wildman–Crippen LogP) is 3.62. The first-order valence-corrected chi connectivity index (χ1v) is 9.02. The van der Waals surface area contributed by atoms with Crippen LogP contribution in [0.5, 0.6) is 0 Å². The lowest BCUT2D eigenvalue weighted by Crippen LogP contribution is -2.23. The summed E-state index contributed by atoms with van der Waals surface area (Å²) in [4.78, 5) is 29.4. The van der Waals surface area contributed by atoms with Crippen LogP contribution in [-0.2, 0) is 6.54 Å². The van der Waals surface area contributed by atoms with Gasteiger partial charge in [-0.05, 0) is 48.9 Å². The molecule has 138 valence electrons. The van der Waals surface area contributed by atoms with E-state index in [0.717, 1.165) is 5.56 Å². The molecule has 3 aromatic carbocycles. The van der Waals surface area contributed by atoms with Gasteiger partial charge in [0.15, 0.2) is 0 Å². The second-order valence-electron chi connectivity index (χ2n) is 6.65. The lowest BCUT2D eigenvalue weighted by atomic mass is 10.1. The highest BCUT2D eigenvalue weighted by atomic mass is 16.1. The zero-order valence-corrected chi connectivity index (χ0v) is 15.4. The van der Waals surface area contributed by atoms with Gasteiger partial charge in [-0.25, -0.2) is 4.98 Å². The van der Waals surface area contributed by atoms with Crippen molar-refractivity contribution in [3.8, 4) is 5.69 Å². The summed E-state index contributed by atoms with van der Waals surface area (Å²) in [6.07, 6.45) is 1.51. The predicted molar refractivity (Wildman–Crippen MR) is 110 cm³/mol. The number of nitrogens with zero attached hydrogens (tertiary/aromatic N) is 2. The molecule has 1 heterocycles. The number of benzene rings is 3. The maximum absolute atomic E-state index is 12.7. The lowest BCUT2D eigenvalue weighted by molar-refractivity contribution is 0.0951. The third-order valence-electron chi connectivity index (χ3n) is 4.65. The average Bonchev–Trinajstić information content (AvgIpc) is 2.74. The molecule has 0 aliphatic carbocycles. The van der Waals surface area contributed by atoms with Crippen LogP contribution in [0.4, 0.5) is 0 Å².